The van der Waals surface area contributed by atoms with Crippen LogP contribution < -0.4 is 15.0 Å². The summed E-state index contributed by atoms with van der Waals surface area (Å²) in [5.74, 6) is 2.23. The van der Waals surface area contributed by atoms with Gasteiger partial charge in [-0.05, 0) is 49.1 Å². The van der Waals surface area contributed by atoms with Crippen molar-refractivity contribution >= 4 is 39.3 Å². The highest BCUT2D eigenvalue weighted by atomic mass is 16.5. The van der Waals surface area contributed by atoms with E-state index in [0.29, 0.717) is 23.8 Å². The van der Waals surface area contributed by atoms with Crippen molar-refractivity contribution in [2.24, 2.45) is 0 Å². The molecule has 1 amide bonds. The molecule has 2 aromatic carbocycles. The summed E-state index contributed by atoms with van der Waals surface area (Å²) in [5, 5.41) is 9.19. The molecule has 0 bridgehead atoms. The number of benzene rings is 2. The molecule has 2 N–H and O–H groups in total. The van der Waals surface area contributed by atoms with E-state index >= 15 is 0 Å². The molecule has 7 rings (SSSR count). The van der Waals surface area contributed by atoms with Crippen LogP contribution in [-0.4, -0.2) is 62.2 Å². The minimum Gasteiger partial charge on any atom is -0.496 e. The molecule has 5 heterocycles. The van der Waals surface area contributed by atoms with Crippen molar-refractivity contribution in [1.82, 2.24) is 34.9 Å². The molecule has 1 aliphatic heterocycles. The number of carbonyl (C=O) groups is 1. The van der Waals surface area contributed by atoms with Crippen LogP contribution in [0.2, 0.25) is 0 Å². The molecule has 1 saturated heterocycles. The van der Waals surface area contributed by atoms with Crippen molar-refractivity contribution < 1.29 is 9.53 Å². The summed E-state index contributed by atoms with van der Waals surface area (Å²) >= 11 is 0. The smallest absolute Gasteiger partial charge is 0.270 e. The summed E-state index contributed by atoms with van der Waals surface area (Å²) in [6.07, 6.45) is 8.60. The van der Waals surface area contributed by atoms with Crippen LogP contribution in [-0.2, 0) is 6.42 Å². The fraction of sp³-hybridized carbons (Fsp3) is 0.233. The van der Waals surface area contributed by atoms with Crippen LogP contribution in [0.5, 0.6) is 5.75 Å². The molecule has 4 aromatic heterocycles. The third-order valence-electron chi connectivity index (χ3n) is 7.08. The first-order valence-corrected chi connectivity index (χ1v) is 13.4. The average molecular weight is 535 g/mol. The number of carbonyl (C=O) groups excluding carboxylic acids is 1. The van der Waals surface area contributed by atoms with Gasteiger partial charge in [0.05, 0.1) is 12.6 Å². The fourth-order valence-corrected chi connectivity index (χ4v) is 5.08. The second-order valence-corrected chi connectivity index (χ2v) is 9.56. The second kappa shape index (κ2) is 11.4. The number of pyridine rings is 1. The summed E-state index contributed by atoms with van der Waals surface area (Å²) in [4.78, 5) is 30.7. The van der Waals surface area contributed by atoms with Gasteiger partial charge in [-0.15, -0.1) is 0 Å². The lowest BCUT2D eigenvalue weighted by atomic mass is 10.1. The van der Waals surface area contributed by atoms with Crippen LogP contribution in [0.25, 0.3) is 27.6 Å². The van der Waals surface area contributed by atoms with Gasteiger partial charge in [-0.2, -0.15) is 14.6 Å². The minimum atomic E-state index is -0.200. The van der Waals surface area contributed by atoms with Gasteiger partial charge in [-0.1, -0.05) is 30.3 Å². The van der Waals surface area contributed by atoms with E-state index in [0.717, 1.165) is 41.7 Å². The number of para-hydroxylation sites is 2. The van der Waals surface area contributed by atoms with Gasteiger partial charge >= 0.3 is 0 Å². The van der Waals surface area contributed by atoms with Gasteiger partial charge in [0.2, 0.25) is 0 Å². The zero-order chi connectivity index (χ0) is 27.3. The third-order valence-corrected chi connectivity index (χ3v) is 7.08. The maximum absolute atomic E-state index is 12.5. The number of aromatic amines is 1. The molecule has 1 aliphatic rings. The Labute approximate surface area is 231 Å². The molecule has 0 saturated carbocycles. The lowest BCUT2D eigenvalue weighted by molar-refractivity contribution is 0.0949. The average Bonchev–Trinajstić information content (AvgIpc) is 3.78. The van der Waals surface area contributed by atoms with E-state index < -0.39 is 0 Å². The maximum Gasteiger partial charge on any atom is 0.270 e. The molecule has 10 heteroatoms. The number of rotatable bonds is 6. The number of amides is 1. The normalized spacial score (nSPS) is 13.0. The highest BCUT2D eigenvalue weighted by molar-refractivity contribution is 5.97. The molecule has 10 nitrogen and oxygen atoms in total. The van der Waals surface area contributed by atoms with Gasteiger partial charge in [-0.3, -0.25) is 4.79 Å². The highest BCUT2D eigenvalue weighted by Crippen LogP contribution is 2.25. The predicted octanol–water partition coefficient (Wildman–Crippen LogP) is 4.42. The molecular formula is C30H30N8O2. The molecule has 1 fully saturated rings. The topological polar surface area (TPSA) is 113 Å². The van der Waals surface area contributed by atoms with Crippen molar-refractivity contribution in [2.45, 2.75) is 19.3 Å². The number of anilines is 1. The first-order valence-electron chi connectivity index (χ1n) is 13.4. The van der Waals surface area contributed by atoms with E-state index in [1.807, 2.05) is 54.7 Å². The molecule has 40 heavy (non-hydrogen) atoms. The minimum absolute atomic E-state index is 0.200. The Bertz CT molecular complexity index is 1770. The molecule has 202 valence electrons. The van der Waals surface area contributed by atoms with Gasteiger partial charge in [-0.25, -0.2) is 9.97 Å². The molecule has 0 aliphatic carbocycles. The summed E-state index contributed by atoms with van der Waals surface area (Å²) in [7, 11) is 1.60. The highest BCUT2D eigenvalue weighted by Gasteiger charge is 2.16. The quantitative estimate of drug-likeness (QED) is 0.325. The van der Waals surface area contributed by atoms with Crippen molar-refractivity contribution in [1.29, 1.82) is 0 Å². The first-order chi connectivity index (χ1) is 19.7. The number of H-pyrrole nitrogens is 1. The van der Waals surface area contributed by atoms with Gasteiger partial charge in [0.1, 0.15) is 23.6 Å². The maximum atomic E-state index is 12.5. The standard InChI is InChI=1S/C21H19N3O2.C9H11N5/c1-26-20-12-19(24-18-9-5-3-7-16(18)20)21(25)22-11-10-14-13-23-17-8-4-2-6-15(14)17;1-2-6-13(5-1)8-3-4-10-9-11-7-12-14(8)9/h2-9,12-13,23H,10-11H2,1H3,(H,22,25);3-4,7H,1-2,5-6H2. The molecule has 0 atom stereocenters. The van der Waals surface area contributed by atoms with Crippen molar-refractivity contribution in [3.8, 4) is 5.75 Å². The van der Waals surface area contributed by atoms with E-state index in [1.165, 1.54) is 23.8 Å². The Kier molecular flexibility index (Phi) is 7.21. The van der Waals surface area contributed by atoms with Gasteiger partial charge in [0.25, 0.3) is 11.7 Å². The summed E-state index contributed by atoms with van der Waals surface area (Å²) in [6.45, 7) is 2.76. The lowest BCUT2D eigenvalue weighted by Crippen LogP contribution is -2.26. The summed E-state index contributed by atoms with van der Waals surface area (Å²) in [6, 6.07) is 19.5. The van der Waals surface area contributed by atoms with Crippen LogP contribution in [0, 0.1) is 0 Å². The Balaban J connectivity index is 0.000000173. The number of hydrogen-bond acceptors (Lipinski definition) is 7. The molecule has 0 unspecified atom stereocenters. The Morgan fingerprint density at radius 1 is 1.02 bits per heavy atom. The predicted molar refractivity (Wildman–Crippen MR) is 155 cm³/mol. The van der Waals surface area contributed by atoms with Crippen LogP contribution in [0.4, 0.5) is 5.82 Å². The van der Waals surface area contributed by atoms with Crippen LogP contribution in [0.15, 0.2) is 79.4 Å². The van der Waals surface area contributed by atoms with Crippen LogP contribution in [0.1, 0.15) is 28.9 Å². The SMILES string of the molecule is COc1cc(C(=O)NCCc2c[nH]c3ccccc23)nc2ccccc12.c1cc(N2CCCC2)n2ncnc2n1. The number of methoxy groups -OCH3 is 1. The number of ether oxygens (including phenoxy) is 1. The molecule has 0 spiro atoms. The van der Waals surface area contributed by atoms with Crippen molar-refractivity contribution in [3.05, 3.63) is 90.6 Å². The van der Waals surface area contributed by atoms with E-state index in [-0.39, 0.29) is 5.91 Å². The number of aromatic nitrogens is 6. The Morgan fingerprint density at radius 3 is 2.67 bits per heavy atom. The monoisotopic (exact) mass is 534 g/mol. The fourth-order valence-electron chi connectivity index (χ4n) is 5.08. The van der Waals surface area contributed by atoms with Gasteiger partial charge in [0.15, 0.2) is 0 Å². The van der Waals surface area contributed by atoms with Crippen molar-refractivity contribution in [2.75, 3.05) is 31.6 Å². The largest absolute Gasteiger partial charge is 0.496 e. The first kappa shape index (κ1) is 25.3. The Hall–Kier alpha value is -4.99. The van der Waals surface area contributed by atoms with E-state index in [9.17, 15) is 4.79 Å². The van der Waals surface area contributed by atoms with Crippen LogP contribution in [0.3, 0.4) is 0 Å². The number of nitrogens with zero attached hydrogens (tertiary/aromatic N) is 6. The molecule has 6 aromatic rings. The zero-order valence-corrected chi connectivity index (χ0v) is 22.2. The summed E-state index contributed by atoms with van der Waals surface area (Å²) < 4.78 is 7.20. The number of hydrogen-bond donors (Lipinski definition) is 2. The van der Waals surface area contributed by atoms with Gasteiger partial charge in [0, 0.05) is 54.4 Å². The van der Waals surface area contributed by atoms with Crippen molar-refractivity contribution in [3.63, 3.8) is 0 Å². The molecule has 0 radical (unpaired) electrons. The van der Waals surface area contributed by atoms with E-state index in [4.69, 9.17) is 4.74 Å². The van der Waals surface area contributed by atoms with Crippen LogP contribution >= 0.6 is 0 Å². The molecular weight excluding hydrogens is 504 g/mol. The van der Waals surface area contributed by atoms with E-state index in [2.05, 4.69) is 41.3 Å². The van der Waals surface area contributed by atoms with Gasteiger partial charge < -0.3 is 19.9 Å². The zero-order valence-electron chi connectivity index (χ0n) is 22.2. The Morgan fingerprint density at radius 2 is 1.82 bits per heavy atom. The second-order valence-electron chi connectivity index (χ2n) is 9.56. The van der Waals surface area contributed by atoms with E-state index in [1.54, 1.807) is 30.2 Å². The summed E-state index contributed by atoms with van der Waals surface area (Å²) in [5.41, 5.74) is 3.40. The number of nitrogens with one attached hydrogen (secondary N) is 2. The lowest BCUT2D eigenvalue weighted by Gasteiger charge is -2.17. The number of fused-ring (bicyclic) bond motifs is 3. The third kappa shape index (κ3) is 5.15.